The van der Waals surface area contributed by atoms with E-state index in [1.807, 2.05) is 48.3 Å². The molecule has 0 N–H and O–H groups in total. The Kier molecular flexibility index (Phi) is 4.71. The van der Waals surface area contributed by atoms with E-state index in [0.29, 0.717) is 12.4 Å². The number of benzene rings is 1. The highest BCUT2D eigenvalue weighted by Gasteiger charge is 2.31. The second kappa shape index (κ2) is 6.76. The molecule has 1 unspecified atom stereocenters. The van der Waals surface area contributed by atoms with Gasteiger partial charge in [-0.05, 0) is 31.5 Å². The minimum atomic E-state index is -2.93. The first-order valence-electron chi connectivity index (χ1n) is 8.09. The summed E-state index contributed by atoms with van der Waals surface area (Å²) in [4.78, 5) is 13.0. The van der Waals surface area contributed by atoms with Crippen molar-refractivity contribution >= 4 is 27.3 Å². The molecule has 1 atom stereocenters. The maximum absolute atomic E-state index is 11.7. The summed E-state index contributed by atoms with van der Waals surface area (Å²) in [5, 5.41) is 0. The predicted molar refractivity (Wildman–Crippen MR) is 96.6 cm³/mol. The van der Waals surface area contributed by atoms with E-state index in [9.17, 15) is 8.42 Å². The van der Waals surface area contributed by atoms with Crippen LogP contribution in [0.5, 0.6) is 0 Å². The minimum absolute atomic E-state index is 0.0583. The fraction of sp³-hybridized carbons (Fsp3) is 0.412. The highest BCUT2D eigenvalue weighted by atomic mass is 32.2. The molecule has 1 aromatic heterocycles. The second-order valence-corrected chi connectivity index (χ2v) is 8.19. The van der Waals surface area contributed by atoms with Crippen LogP contribution < -0.4 is 9.80 Å². The Balaban J connectivity index is 1.86. The van der Waals surface area contributed by atoms with Crippen molar-refractivity contribution in [3.05, 3.63) is 42.6 Å². The zero-order valence-electron chi connectivity index (χ0n) is 14.0. The summed E-state index contributed by atoms with van der Waals surface area (Å²) in [7, 11) is -1.07. The molecule has 2 heterocycles. The van der Waals surface area contributed by atoms with Crippen molar-refractivity contribution in [3.63, 3.8) is 0 Å². The van der Waals surface area contributed by atoms with Crippen LogP contribution >= 0.6 is 0 Å². The molecule has 6 nitrogen and oxygen atoms in total. The summed E-state index contributed by atoms with van der Waals surface area (Å²) in [6, 6.07) is 11.9. The number of para-hydroxylation sites is 1. The van der Waals surface area contributed by atoms with Crippen LogP contribution in [0.3, 0.4) is 0 Å². The number of hydrogen-bond acceptors (Lipinski definition) is 6. The van der Waals surface area contributed by atoms with E-state index in [2.05, 4.69) is 21.8 Å². The van der Waals surface area contributed by atoms with Gasteiger partial charge in [-0.2, -0.15) is 4.98 Å². The van der Waals surface area contributed by atoms with Crippen molar-refractivity contribution in [1.82, 2.24) is 9.97 Å². The molecule has 0 radical (unpaired) electrons. The van der Waals surface area contributed by atoms with Gasteiger partial charge >= 0.3 is 0 Å². The molecule has 1 aliphatic heterocycles. The Bertz CT molecular complexity index is 795. The summed E-state index contributed by atoms with van der Waals surface area (Å²) < 4.78 is 23.4. The SMILES string of the molecule is CCN(c1ccccc1)c1ccnc(N(C)C2CCS(=O)(=O)C2)n1. The number of sulfone groups is 1. The number of rotatable bonds is 5. The Morgan fingerprint density at radius 2 is 1.96 bits per heavy atom. The van der Waals surface area contributed by atoms with Gasteiger partial charge in [0.25, 0.3) is 0 Å². The van der Waals surface area contributed by atoms with Crippen molar-refractivity contribution in [2.24, 2.45) is 0 Å². The summed E-state index contributed by atoms with van der Waals surface area (Å²) in [5.41, 5.74) is 1.07. The van der Waals surface area contributed by atoms with E-state index in [1.54, 1.807) is 6.20 Å². The van der Waals surface area contributed by atoms with Crippen molar-refractivity contribution in [2.45, 2.75) is 19.4 Å². The number of hydrogen-bond donors (Lipinski definition) is 0. The Hall–Kier alpha value is -2.15. The van der Waals surface area contributed by atoms with E-state index >= 15 is 0 Å². The lowest BCUT2D eigenvalue weighted by Crippen LogP contribution is -2.34. The highest BCUT2D eigenvalue weighted by Crippen LogP contribution is 2.25. The first-order chi connectivity index (χ1) is 11.5. The van der Waals surface area contributed by atoms with Crippen LogP contribution in [-0.2, 0) is 9.84 Å². The Morgan fingerprint density at radius 3 is 2.58 bits per heavy atom. The van der Waals surface area contributed by atoms with Crippen LogP contribution in [0.2, 0.25) is 0 Å². The molecule has 1 saturated heterocycles. The predicted octanol–water partition coefficient (Wildman–Crippen LogP) is 2.26. The van der Waals surface area contributed by atoms with Gasteiger partial charge in [0.1, 0.15) is 5.82 Å². The third kappa shape index (κ3) is 3.51. The van der Waals surface area contributed by atoms with Crippen LogP contribution in [0.15, 0.2) is 42.6 Å². The minimum Gasteiger partial charge on any atom is -0.340 e. The molecular weight excluding hydrogens is 324 g/mol. The van der Waals surface area contributed by atoms with Gasteiger partial charge in [-0.15, -0.1) is 0 Å². The van der Waals surface area contributed by atoms with Gasteiger partial charge in [-0.1, -0.05) is 18.2 Å². The van der Waals surface area contributed by atoms with E-state index in [0.717, 1.165) is 18.1 Å². The molecule has 1 aromatic carbocycles. The van der Waals surface area contributed by atoms with Crippen molar-refractivity contribution in [1.29, 1.82) is 0 Å². The van der Waals surface area contributed by atoms with Gasteiger partial charge < -0.3 is 9.80 Å². The normalized spacial score (nSPS) is 19.2. The van der Waals surface area contributed by atoms with Crippen molar-refractivity contribution in [3.8, 4) is 0 Å². The lowest BCUT2D eigenvalue weighted by atomic mass is 10.2. The van der Waals surface area contributed by atoms with Gasteiger partial charge in [0.05, 0.1) is 11.5 Å². The van der Waals surface area contributed by atoms with Crippen LogP contribution in [0.4, 0.5) is 17.5 Å². The van der Waals surface area contributed by atoms with Crippen LogP contribution in [0.1, 0.15) is 13.3 Å². The standard InChI is InChI=1S/C17H22N4O2S/c1-3-21(14-7-5-4-6-8-14)16-9-11-18-17(19-16)20(2)15-10-12-24(22,23)13-15/h4-9,11,15H,3,10,12-13H2,1-2H3. The Morgan fingerprint density at radius 1 is 1.21 bits per heavy atom. The lowest BCUT2D eigenvalue weighted by molar-refractivity contribution is 0.600. The van der Waals surface area contributed by atoms with E-state index in [-0.39, 0.29) is 17.5 Å². The summed E-state index contributed by atoms with van der Waals surface area (Å²) in [6.07, 6.45) is 2.35. The summed E-state index contributed by atoms with van der Waals surface area (Å²) >= 11 is 0. The lowest BCUT2D eigenvalue weighted by Gasteiger charge is -2.26. The Labute approximate surface area is 143 Å². The van der Waals surface area contributed by atoms with E-state index in [1.165, 1.54) is 0 Å². The van der Waals surface area contributed by atoms with E-state index in [4.69, 9.17) is 0 Å². The smallest absolute Gasteiger partial charge is 0.227 e. The quantitative estimate of drug-likeness (QED) is 0.827. The molecule has 0 spiro atoms. The number of nitrogens with zero attached hydrogens (tertiary/aromatic N) is 4. The molecule has 128 valence electrons. The molecule has 1 fully saturated rings. The highest BCUT2D eigenvalue weighted by molar-refractivity contribution is 7.91. The van der Waals surface area contributed by atoms with E-state index < -0.39 is 9.84 Å². The van der Waals surface area contributed by atoms with Crippen molar-refractivity contribution in [2.75, 3.05) is 34.9 Å². The average molecular weight is 346 g/mol. The third-order valence-electron chi connectivity index (χ3n) is 4.36. The first-order valence-corrected chi connectivity index (χ1v) is 9.91. The van der Waals surface area contributed by atoms with Crippen LogP contribution in [0, 0.1) is 0 Å². The fourth-order valence-corrected chi connectivity index (χ4v) is 4.76. The fourth-order valence-electron chi connectivity index (χ4n) is 2.99. The molecule has 3 rings (SSSR count). The molecule has 0 aliphatic carbocycles. The number of anilines is 3. The molecule has 24 heavy (non-hydrogen) atoms. The van der Waals surface area contributed by atoms with Gasteiger partial charge in [-0.25, -0.2) is 13.4 Å². The number of aromatic nitrogens is 2. The maximum atomic E-state index is 11.7. The second-order valence-electron chi connectivity index (χ2n) is 5.96. The molecule has 2 aromatic rings. The van der Waals surface area contributed by atoms with Gasteiger partial charge in [-0.3, -0.25) is 0 Å². The maximum Gasteiger partial charge on any atom is 0.227 e. The zero-order chi connectivity index (χ0) is 17.2. The summed E-state index contributed by atoms with van der Waals surface area (Å²) in [5.74, 6) is 1.78. The largest absolute Gasteiger partial charge is 0.340 e. The van der Waals surface area contributed by atoms with Crippen LogP contribution in [0.25, 0.3) is 0 Å². The van der Waals surface area contributed by atoms with Gasteiger partial charge in [0.15, 0.2) is 9.84 Å². The molecule has 0 bridgehead atoms. The topological polar surface area (TPSA) is 66.4 Å². The molecule has 0 saturated carbocycles. The monoisotopic (exact) mass is 346 g/mol. The third-order valence-corrected chi connectivity index (χ3v) is 6.11. The zero-order valence-corrected chi connectivity index (χ0v) is 14.8. The van der Waals surface area contributed by atoms with Crippen LogP contribution in [-0.4, -0.2) is 49.5 Å². The summed E-state index contributed by atoms with van der Waals surface area (Å²) in [6.45, 7) is 2.85. The van der Waals surface area contributed by atoms with Crippen molar-refractivity contribution < 1.29 is 8.42 Å². The molecule has 0 amide bonds. The van der Waals surface area contributed by atoms with Gasteiger partial charge in [0.2, 0.25) is 5.95 Å². The van der Waals surface area contributed by atoms with Gasteiger partial charge in [0, 0.05) is 31.5 Å². The molecule has 7 heteroatoms. The molecule has 1 aliphatic rings. The average Bonchev–Trinajstić information content (AvgIpc) is 2.96. The molecular formula is C17H22N4O2S. The first kappa shape index (κ1) is 16.7.